The summed E-state index contributed by atoms with van der Waals surface area (Å²) >= 11 is 0. The van der Waals surface area contributed by atoms with E-state index < -0.39 is 5.60 Å². The van der Waals surface area contributed by atoms with Crippen molar-refractivity contribution >= 4 is 0 Å². The lowest BCUT2D eigenvalue weighted by Crippen LogP contribution is -2.28. The Bertz CT molecular complexity index is 113. The van der Waals surface area contributed by atoms with Gasteiger partial charge in [-0.05, 0) is 19.3 Å². The first kappa shape index (κ1) is 7.03. The number of methoxy groups -OCH3 is 1. The van der Waals surface area contributed by atoms with E-state index in [4.69, 9.17) is 4.74 Å². The predicted octanol–water partition coefficient (Wildman–Crippen LogP) is 0.792. The second-order valence-corrected chi connectivity index (χ2v) is 2.97. The van der Waals surface area contributed by atoms with Gasteiger partial charge in [0.05, 0.1) is 11.7 Å². The van der Waals surface area contributed by atoms with E-state index in [0.29, 0.717) is 5.92 Å². The maximum Gasteiger partial charge on any atom is 0.0935 e. The first-order valence-corrected chi connectivity index (χ1v) is 3.36. The molecule has 9 heavy (non-hydrogen) atoms. The molecule has 0 aromatic heterocycles. The molecule has 2 nitrogen and oxygen atoms in total. The summed E-state index contributed by atoms with van der Waals surface area (Å²) in [6.45, 7) is 3.94. The normalized spacial score (nSPS) is 44.7. The van der Waals surface area contributed by atoms with Crippen molar-refractivity contribution < 1.29 is 9.84 Å². The molecule has 0 aromatic carbocycles. The van der Waals surface area contributed by atoms with E-state index >= 15 is 0 Å². The summed E-state index contributed by atoms with van der Waals surface area (Å²) < 4.78 is 5.00. The van der Waals surface area contributed by atoms with Gasteiger partial charge in [0.25, 0.3) is 0 Å². The van der Waals surface area contributed by atoms with Gasteiger partial charge >= 0.3 is 0 Å². The molecule has 0 aromatic rings. The minimum absolute atomic E-state index is 0.00694. The standard InChI is InChI=1S/C7H14O2/c1-5-4-7(5,8)6(2)9-3/h5-6,8H,4H2,1-3H3. The van der Waals surface area contributed by atoms with Crippen LogP contribution in [-0.4, -0.2) is 23.9 Å². The molecular formula is C7H14O2. The zero-order chi connectivity index (χ0) is 7.07. The Labute approximate surface area is 55.8 Å². The van der Waals surface area contributed by atoms with Crippen LogP contribution in [0.15, 0.2) is 0 Å². The van der Waals surface area contributed by atoms with Crippen molar-refractivity contribution in [3.05, 3.63) is 0 Å². The van der Waals surface area contributed by atoms with Crippen LogP contribution in [0.1, 0.15) is 20.3 Å². The molecule has 0 aliphatic heterocycles. The van der Waals surface area contributed by atoms with Crippen molar-refractivity contribution in [3.63, 3.8) is 0 Å². The minimum atomic E-state index is -0.505. The van der Waals surface area contributed by atoms with Crippen LogP contribution in [0.25, 0.3) is 0 Å². The van der Waals surface area contributed by atoms with E-state index in [0.717, 1.165) is 6.42 Å². The van der Waals surface area contributed by atoms with Gasteiger partial charge in [-0.25, -0.2) is 0 Å². The Morgan fingerprint density at radius 3 is 2.33 bits per heavy atom. The molecule has 0 bridgehead atoms. The molecule has 2 heteroatoms. The minimum Gasteiger partial charge on any atom is -0.387 e. The molecule has 0 saturated heterocycles. The lowest BCUT2D eigenvalue weighted by Gasteiger charge is -2.16. The highest BCUT2D eigenvalue weighted by atomic mass is 16.5. The Hall–Kier alpha value is -0.0800. The number of hydrogen-bond donors (Lipinski definition) is 1. The van der Waals surface area contributed by atoms with Crippen molar-refractivity contribution in [1.82, 2.24) is 0 Å². The number of hydrogen-bond acceptors (Lipinski definition) is 2. The third-order valence-electron chi connectivity index (χ3n) is 2.38. The van der Waals surface area contributed by atoms with Gasteiger partial charge in [0.2, 0.25) is 0 Å². The number of rotatable bonds is 2. The third-order valence-corrected chi connectivity index (χ3v) is 2.38. The third kappa shape index (κ3) is 0.970. The summed E-state index contributed by atoms with van der Waals surface area (Å²) in [5.41, 5.74) is -0.505. The van der Waals surface area contributed by atoms with Crippen molar-refractivity contribution in [1.29, 1.82) is 0 Å². The molecule has 0 radical (unpaired) electrons. The first-order chi connectivity index (χ1) is 4.11. The summed E-state index contributed by atoms with van der Waals surface area (Å²) in [7, 11) is 1.63. The highest BCUT2D eigenvalue weighted by molar-refractivity contribution is 5.04. The predicted molar refractivity (Wildman–Crippen MR) is 35.2 cm³/mol. The first-order valence-electron chi connectivity index (χ1n) is 3.36. The van der Waals surface area contributed by atoms with E-state index in [9.17, 15) is 5.11 Å². The van der Waals surface area contributed by atoms with E-state index in [1.54, 1.807) is 7.11 Å². The van der Waals surface area contributed by atoms with Gasteiger partial charge in [0.15, 0.2) is 0 Å². The van der Waals surface area contributed by atoms with Crippen LogP contribution in [0.4, 0.5) is 0 Å². The number of aliphatic hydroxyl groups is 1. The highest BCUT2D eigenvalue weighted by Gasteiger charge is 2.53. The van der Waals surface area contributed by atoms with Crippen LogP contribution in [0.3, 0.4) is 0 Å². The molecule has 0 amide bonds. The zero-order valence-corrected chi connectivity index (χ0v) is 6.22. The molecule has 1 fully saturated rings. The Kier molecular flexibility index (Phi) is 1.53. The monoisotopic (exact) mass is 130 g/mol. The van der Waals surface area contributed by atoms with Crippen LogP contribution in [-0.2, 0) is 4.74 Å². The van der Waals surface area contributed by atoms with Crippen molar-refractivity contribution in [3.8, 4) is 0 Å². The molecule has 0 spiro atoms. The maximum atomic E-state index is 9.54. The summed E-state index contributed by atoms with van der Waals surface area (Å²) in [4.78, 5) is 0. The van der Waals surface area contributed by atoms with Gasteiger partial charge in [-0.1, -0.05) is 6.92 Å². The van der Waals surface area contributed by atoms with Gasteiger partial charge in [0.1, 0.15) is 0 Å². The van der Waals surface area contributed by atoms with E-state index in [2.05, 4.69) is 0 Å². The fraction of sp³-hybridized carbons (Fsp3) is 1.00. The quantitative estimate of drug-likeness (QED) is 0.599. The van der Waals surface area contributed by atoms with Crippen molar-refractivity contribution in [2.45, 2.75) is 32.0 Å². The summed E-state index contributed by atoms with van der Waals surface area (Å²) in [6.07, 6.45) is 0.884. The topological polar surface area (TPSA) is 29.5 Å². The average molecular weight is 130 g/mol. The fourth-order valence-corrected chi connectivity index (χ4v) is 1.20. The van der Waals surface area contributed by atoms with Crippen LogP contribution in [0.2, 0.25) is 0 Å². The summed E-state index contributed by atoms with van der Waals surface area (Å²) in [6, 6.07) is 0. The zero-order valence-electron chi connectivity index (χ0n) is 6.22. The van der Waals surface area contributed by atoms with E-state index in [-0.39, 0.29) is 6.10 Å². The maximum absolute atomic E-state index is 9.54. The lowest BCUT2D eigenvalue weighted by atomic mass is 10.2. The molecule has 1 saturated carbocycles. The molecule has 1 N–H and O–H groups in total. The molecule has 1 rings (SSSR count). The van der Waals surface area contributed by atoms with Gasteiger partial charge in [-0.15, -0.1) is 0 Å². The largest absolute Gasteiger partial charge is 0.387 e. The van der Waals surface area contributed by atoms with Gasteiger partial charge in [-0.3, -0.25) is 0 Å². The molecule has 1 aliphatic carbocycles. The molecule has 3 unspecified atom stereocenters. The Morgan fingerprint density at radius 2 is 2.22 bits per heavy atom. The van der Waals surface area contributed by atoms with Gasteiger partial charge in [0, 0.05) is 7.11 Å². The SMILES string of the molecule is COC(C)C1(O)CC1C. The van der Waals surface area contributed by atoms with Crippen LogP contribution in [0, 0.1) is 5.92 Å². The van der Waals surface area contributed by atoms with Gasteiger partial charge < -0.3 is 9.84 Å². The van der Waals surface area contributed by atoms with Gasteiger partial charge in [-0.2, -0.15) is 0 Å². The molecular weight excluding hydrogens is 116 g/mol. The smallest absolute Gasteiger partial charge is 0.0935 e. The highest BCUT2D eigenvalue weighted by Crippen LogP contribution is 2.46. The van der Waals surface area contributed by atoms with E-state index in [1.165, 1.54) is 0 Å². The molecule has 3 atom stereocenters. The number of ether oxygens (including phenoxy) is 1. The molecule has 54 valence electrons. The van der Waals surface area contributed by atoms with Crippen LogP contribution in [0.5, 0.6) is 0 Å². The van der Waals surface area contributed by atoms with E-state index in [1.807, 2.05) is 13.8 Å². The Balaban J connectivity index is 2.43. The van der Waals surface area contributed by atoms with Crippen LogP contribution >= 0.6 is 0 Å². The molecule has 1 aliphatic rings. The summed E-state index contributed by atoms with van der Waals surface area (Å²) in [5.74, 6) is 0.424. The van der Waals surface area contributed by atoms with Crippen molar-refractivity contribution in [2.75, 3.05) is 7.11 Å². The van der Waals surface area contributed by atoms with Crippen molar-refractivity contribution in [2.24, 2.45) is 5.92 Å². The fourth-order valence-electron chi connectivity index (χ4n) is 1.20. The average Bonchev–Trinajstić information content (AvgIpc) is 2.41. The second-order valence-electron chi connectivity index (χ2n) is 2.97. The lowest BCUT2D eigenvalue weighted by molar-refractivity contribution is -0.0261. The molecule has 0 heterocycles. The van der Waals surface area contributed by atoms with Crippen LogP contribution < -0.4 is 0 Å². The Morgan fingerprint density at radius 1 is 1.78 bits per heavy atom. The second kappa shape index (κ2) is 1.96. The summed E-state index contributed by atoms with van der Waals surface area (Å²) in [5, 5.41) is 9.54.